The second-order valence-electron chi connectivity index (χ2n) is 7.85. The van der Waals surface area contributed by atoms with Crippen molar-refractivity contribution in [3.8, 4) is 16.9 Å². The van der Waals surface area contributed by atoms with Crippen LogP contribution in [0, 0.1) is 11.6 Å². The Hall–Kier alpha value is -2.70. The predicted octanol–water partition coefficient (Wildman–Crippen LogP) is 4.19. The molecule has 1 aromatic carbocycles. The Morgan fingerprint density at radius 1 is 1.27 bits per heavy atom. The number of nitrogens with two attached hydrogens (primary N) is 1. The highest BCUT2D eigenvalue weighted by Gasteiger charge is 2.38. The molecule has 3 aromatic rings. The Balaban J connectivity index is 1.72. The third kappa shape index (κ3) is 4.68. The number of halogens is 6. The fourth-order valence-corrected chi connectivity index (χ4v) is 3.58. The zero-order valence-corrected chi connectivity index (χ0v) is 18.0. The summed E-state index contributed by atoms with van der Waals surface area (Å²) >= 11 is 6.16. The molecular weight excluding hydrogens is 473 g/mol. The minimum absolute atomic E-state index is 0.0444. The Bertz CT molecular complexity index is 1160. The van der Waals surface area contributed by atoms with E-state index in [0.717, 1.165) is 23.5 Å². The number of aromatic nitrogens is 3. The molecule has 3 heterocycles. The minimum Gasteiger partial charge on any atom is -0.493 e. The summed E-state index contributed by atoms with van der Waals surface area (Å²) in [5, 5.41) is 1.81. The van der Waals surface area contributed by atoms with Gasteiger partial charge in [-0.3, -0.25) is 4.40 Å². The number of nitrogens with zero attached hydrogens (tertiary/aromatic N) is 3. The van der Waals surface area contributed by atoms with Crippen LogP contribution in [0.2, 0.25) is 5.15 Å². The van der Waals surface area contributed by atoms with E-state index in [1.807, 2.05) is 0 Å². The van der Waals surface area contributed by atoms with Crippen LogP contribution < -0.4 is 15.8 Å². The molecule has 1 aliphatic heterocycles. The van der Waals surface area contributed by atoms with Crippen LogP contribution in [0.1, 0.15) is 13.3 Å². The van der Waals surface area contributed by atoms with E-state index in [9.17, 15) is 13.2 Å². The zero-order chi connectivity index (χ0) is 24.0. The molecule has 3 N–H and O–H groups in total. The van der Waals surface area contributed by atoms with Gasteiger partial charge in [-0.25, -0.2) is 13.8 Å². The van der Waals surface area contributed by atoms with E-state index < -0.39 is 40.1 Å². The van der Waals surface area contributed by atoms with Crippen LogP contribution in [0.25, 0.3) is 16.9 Å². The summed E-state index contributed by atoms with van der Waals surface area (Å²) in [5.41, 5.74) is 4.42. The van der Waals surface area contributed by atoms with Gasteiger partial charge in [-0.15, -0.1) is 0 Å². The van der Waals surface area contributed by atoms with Gasteiger partial charge in [0.25, 0.3) is 0 Å². The van der Waals surface area contributed by atoms with Gasteiger partial charge in [-0.05, 0) is 6.92 Å². The van der Waals surface area contributed by atoms with Gasteiger partial charge >= 0.3 is 6.18 Å². The fraction of sp³-hybridized carbons (Fsp3) is 0.400. The van der Waals surface area contributed by atoms with E-state index in [0.29, 0.717) is 19.6 Å². The van der Waals surface area contributed by atoms with Crippen LogP contribution >= 0.6 is 11.6 Å². The third-order valence-electron chi connectivity index (χ3n) is 5.26. The molecule has 0 amide bonds. The number of rotatable bonds is 7. The number of alkyl halides is 3. The topological polar surface area (TPSA) is 86.7 Å². The van der Waals surface area contributed by atoms with Crippen molar-refractivity contribution >= 4 is 23.2 Å². The molecule has 13 heteroatoms. The molecule has 7 nitrogen and oxygen atoms in total. The van der Waals surface area contributed by atoms with Crippen LogP contribution in [-0.2, 0) is 4.74 Å². The van der Waals surface area contributed by atoms with Gasteiger partial charge in [0.2, 0.25) is 5.78 Å². The quantitative estimate of drug-likeness (QED) is 0.381. The molecule has 0 radical (unpaired) electrons. The summed E-state index contributed by atoms with van der Waals surface area (Å²) < 4.78 is 81.4. The summed E-state index contributed by atoms with van der Waals surface area (Å²) in [7, 11) is 0. The maximum absolute atomic E-state index is 15.1. The lowest BCUT2D eigenvalue weighted by atomic mass is 9.95. The summed E-state index contributed by atoms with van der Waals surface area (Å²) in [6, 6.07) is -0.220. The molecule has 1 atom stereocenters. The third-order valence-corrected chi connectivity index (χ3v) is 5.53. The van der Waals surface area contributed by atoms with Gasteiger partial charge in [0.15, 0.2) is 0 Å². The monoisotopic (exact) mass is 491 g/mol. The van der Waals surface area contributed by atoms with Crippen molar-refractivity contribution in [2.24, 2.45) is 5.73 Å². The number of imidazole rings is 1. The molecule has 1 aliphatic rings. The molecule has 0 unspecified atom stereocenters. The Morgan fingerprint density at radius 2 is 1.94 bits per heavy atom. The first-order chi connectivity index (χ1) is 15.5. The fourth-order valence-electron chi connectivity index (χ4n) is 3.32. The van der Waals surface area contributed by atoms with Gasteiger partial charge in [0.05, 0.1) is 36.5 Å². The average molecular weight is 492 g/mol. The second-order valence-corrected chi connectivity index (χ2v) is 8.20. The van der Waals surface area contributed by atoms with E-state index in [-0.39, 0.29) is 29.5 Å². The van der Waals surface area contributed by atoms with Crippen LogP contribution in [0.3, 0.4) is 0 Å². The molecule has 0 saturated carbocycles. The van der Waals surface area contributed by atoms with Crippen LogP contribution in [0.5, 0.6) is 5.75 Å². The van der Waals surface area contributed by atoms with Crippen molar-refractivity contribution in [1.82, 2.24) is 14.4 Å². The Morgan fingerprint density at radius 3 is 2.52 bits per heavy atom. The minimum atomic E-state index is -4.64. The Labute approximate surface area is 189 Å². The standard InChI is InChI=1S/C20H19ClF5N5O2/c1-10(20(24,25)26)29-17-15(16(21)30-18-28-3-4-31(17)18)14-12(22)6-11(7-13(14)23)33-5-2-19(27)8-32-9-19/h3-4,6-7,10,29H,2,5,8-9,27H2,1H3/t10-/m1/s1. The first-order valence-corrected chi connectivity index (χ1v) is 10.2. The number of benzene rings is 1. The maximum atomic E-state index is 15.1. The second kappa shape index (κ2) is 8.58. The number of hydrogen-bond donors (Lipinski definition) is 2. The molecule has 1 saturated heterocycles. The number of hydrogen-bond acceptors (Lipinski definition) is 6. The summed E-state index contributed by atoms with van der Waals surface area (Å²) in [6.45, 7) is 1.69. The van der Waals surface area contributed by atoms with E-state index in [2.05, 4.69) is 15.3 Å². The number of anilines is 1. The van der Waals surface area contributed by atoms with E-state index in [1.54, 1.807) is 0 Å². The SMILES string of the molecule is C[C@@H](Nc1c(-c2c(F)cc(OCCC3(N)COC3)cc2F)c(Cl)nc2nccn12)C(F)(F)F. The van der Waals surface area contributed by atoms with Crippen LogP contribution in [0.4, 0.5) is 27.8 Å². The number of fused-ring (bicyclic) bond motifs is 1. The molecule has 1 fully saturated rings. The van der Waals surface area contributed by atoms with Gasteiger partial charge < -0.3 is 20.5 Å². The van der Waals surface area contributed by atoms with Crippen molar-refractivity contribution < 1.29 is 31.4 Å². The summed E-state index contributed by atoms with van der Waals surface area (Å²) in [5.74, 6) is -2.65. The van der Waals surface area contributed by atoms with E-state index >= 15 is 8.78 Å². The molecule has 0 bridgehead atoms. The molecule has 0 aliphatic carbocycles. The zero-order valence-electron chi connectivity index (χ0n) is 17.2. The van der Waals surface area contributed by atoms with Crippen LogP contribution in [-0.4, -0.2) is 51.9 Å². The van der Waals surface area contributed by atoms with Crippen molar-refractivity contribution in [1.29, 1.82) is 0 Å². The smallest absolute Gasteiger partial charge is 0.408 e. The molecule has 0 spiro atoms. The lowest BCUT2D eigenvalue weighted by Gasteiger charge is -2.37. The first-order valence-electron chi connectivity index (χ1n) is 9.83. The maximum Gasteiger partial charge on any atom is 0.408 e. The van der Waals surface area contributed by atoms with Gasteiger partial charge in [0, 0.05) is 30.9 Å². The molecule has 4 rings (SSSR count). The Kier molecular flexibility index (Phi) is 6.10. The summed E-state index contributed by atoms with van der Waals surface area (Å²) in [4.78, 5) is 7.83. The largest absolute Gasteiger partial charge is 0.493 e. The molecular formula is C20H19ClF5N5O2. The highest BCUT2D eigenvalue weighted by molar-refractivity contribution is 6.33. The highest BCUT2D eigenvalue weighted by atomic mass is 35.5. The predicted molar refractivity (Wildman–Crippen MR) is 110 cm³/mol. The highest BCUT2D eigenvalue weighted by Crippen LogP contribution is 2.40. The van der Waals surface area contributed by atoms with E-state index in [1.165, 1.54) is 12.4 Å². The number of ether oxygens (including phenoxy) is 2. The lowest BCUT2D eigenvalue weighted by molar-refractivity contribution is -0.138. The average Bonchev–Trinajstić information content (AvgIpc) is 3.15. The van der Waals surface area contributed by atoms with Crippen molar-refractivity contribution in [2.45, 2.75) is 31.1 Å². The van der Waals surface area contributed by atoms with E-state index in [4.69, 9.17) is 26.8 Å². The van der Waals surface area contributed by atoms with Crippen LogP contribution in [0.15, 0.2) is 24.5 Å². The van der Waals surface area contributed by atoms with Crippen molar-refractivity contribution in [3.05, 3.63) is 41.3 Å². The van der Waals surface area contributed by atoms with Gasteiger partial charge in [-0.1, -0.05) is 11.6 Å². The molecule has 33 heavy (non-hydrogen) atoms. The molecule has 2 aromatic heterocycles. The number of nitrogens with one attached hydrogen (secondary N) is 1. The van der Waals surface area contributed by atoms with Crippen molar-refractivity contribution in [2.75, 3.05) is 25.1 Å². The normalized spacial score (nSPS) is 16.5. The lowest BCUT2D eigenvalue weighted by Crippen LogP contribution is -2.58. The van der Waals surface area contributed by atoms with Gasteiger partial charge in [-0.2, -0.15) is 18.2 Å². The summed E-state index contributed by atoms with van der Waals surface area (Å²) in [6.07, 6.45) is -1.66. The van der Waals surface area contributed by atoms with Crippen molar-refractivity contribution in [3.63, 3.8) is 0 Å². The first kappa shape index (κ1) is 23.5. The van der Waals surface area contributed by atoms with Gasteiger partial charge in [0.1, 0.15) is 34.4 Å². The molecule has 178 valence electrons.